The molecule has 1 heterocycles. The fourth-order valence-corrected chi connectivity index (χ4v) is 2.86. The maximum absolute atomic E-state index is 12.7. The second-order valence-corrected chi connectivity index (χ2v) is 5.45. The maximum Gasteiger partial charge on any atom is 0.262 e. The quantitative estimate of drug-likeness (QED) is 0.870. The number of aromatic hydroxyl groups is 1. The lowest BCUT2D eigenvalue weighted by atomic mass is 10.1. The Bertz CT molecular complexity index is 684. The molecule has 0 aliphatic carbocycles. The van der Waals surface area contributed by atoms with Crippen molar-refractivity contribution in [3.8, 4) is 5.75 Å². The second kappa shape index (κ2) is 4.84. The topological polar surface area (TPSA) is 40.5 Å². The van der Waals surface area contributed by atoms with Gasteiger partial charge in [-0.25, -0.2) is 0 Å². The van der Waals surface area contributed by atoms with E-state index in [1.165, 1.54) is 12.1 Å². The van der Waals surface area contributed by atoms with Crippen molar-refractivity contribution in [3.63, 3.8) is 0 Å². The lowest BCUT2D eigenvalue weighted by molar-refractivity contribution is 0.0979. The fraction of sp³-hybridized carbons (Fsp3) is 0.188. The monoisotopic (exact) mass is 287 g/mol. The van der Waals surface area contributed by atoms with Crippen LogP contribution in [0.2, 0.25) is 5.02 Å². The Kier molecular flexibility index (Phi) is 3.14. The van der Waals surface area contributed by atoms with E-state index in [0.717, 1.165) is 17.7 Å². The Morgan fingerprint density at radius 1 is 1.30 bits per heavy atom. The molecule has 1 aliphatic heterocycles. The van der Waals surface area contributed by atoms with Gasteiger partial charge in [0.05, 0.1) is 5.56 Å². The van der Waals surface area contributed by atoms with Crippen LogP contribution in [0.15, 0.2) is 42.5 Å². The number of halogens is 1. The van der Waals surface area contributed by atoms with Crippen molar-refractivity contribution in [2.75, 3.05) is 4.90 Å². The molecule has 3 rings (SSSR count). The highest BCUT2D eigenvalue weighted by molar-refractivity contribution is 6.31. The molecule has 20 heavy (non-hydrogen) atoms. The first-order valence-electron chi connectivity index (χ1n) is 6.48. The summed E-state index contributed by atoms with van der Waals surface area (Å²) in [6.07, 6.45) is 0.823. The summed E-state index contributed by atoms with van der Waals surface area (Å²) in [6.45, 7) is 2.00. The van der Waals surface area contributed by atoms with Crippen molar-refractivity contribution >= 4 is 23.2 Å². The number of anilines is 1. The van der Waals surface area contributed by atoms with Crippen LogP contribution in [0.1, 0.15) is 22.8 Å². The van der Waals surface area contributed by atoms with Gasteiger partial charge >= 0.3 is 0 Å². The molecule has 1 N–H and O–H groups in total. The van der Waals surface area contributed by atoms with Crippen LogP contribution in [0.3, 0.4) is 0 Å². The molecule has 1 atom stereocenters. The van der Waals surface area contributed by atoms with Crippen LogP contribution >= 0.6 is 11.6 Å². The minimum absolute atomic E-state index is 0.0454. The summed E-state index contributed by atoms with van der Waals surface area (Å²) >= 11 is 5.92. The van der Waals surface area contributed by atoms with Gasteiger partial charge in [0, 0.05) is 16.8 Å². The van der Waals surface area contributed by atoms with E-state index >= 15 is 0 Å². The smallest absolute Gasteiger partial charge is 0.262 e. The van der Waals surface area contributed by atoms with E-state index in [9.17, 15) is 9.90 Å². The average Bonchev–Trinajstić information content (AvgIpc) is 2.76. The zero-order valence-electron chi connectivity index (χ0n) is 11.0. The summed E-state index contributed by atoms with van der Waals surface area (Å²) in [7, 11) is 0. The number of hydrogen-bond acceptors (Lipinski definition) is 2. The third-order valence-corrected chi connectivity index (χ3v) is 3.85. The predicted molar refractivity (Wildman–Crippen MR) is 79.5 cm³/mol. The SMILES string of the molecule is CC1Cc2ccccc2N1C(=O)c1cc(Cl)ccc1O. The minimum atomic E-state index is -0.220. The lowest BCUT2D eigenvalue weighted by Crippen LogP contribution is -2.35. The van der Waals surface area contributed by atoms with Gasteiger partial charge in [-0.1, -0.05) is 29.8 Å². The molecule has 0 radical (unpaired) electrons. The van der Waals surface area contributed by atoms with Gasteiger partial charge in [0.2, 0.25) is 0 Å². The third kappa shape index (κ3) is 2.04. The van der Waals surface area contributed by atoms with Gasteiger partial charge in [0.1, 0.15) is 5.75 Å². The van der Waals surface area contributed by atoms with Crippen molar-refractivity contribution in [2.24, 2.45) is 0 Å². The highest BCUT2D eigenvalue weighted by Crippen LogP contribution is 2.34. The largest absolute Gasteiger partial charge is 0.507 e. The summed E-state index contributed by atoms with van der Waals surface area (Å²) < 4.78 is 0. The van der Waals surface area contributed by atoms with Crippen molar-refractivity contribution in [2.45, 2.75) is 19.4 Å². The molecule has 0 fully saturated rings. The molecule has 3 nitrogen and oxygen atoms in total. The van der Waals surface area contributed by atoms with Gasteiger partial charge in [0.25, 0.3) is 5.91 Å². The standard InChI is InChI=1S/C16H14ClNO2/c1-10-8-11-4-2-3-5-14(11)18(10)16(20)13-9-12(17)6-7-15(13)19/h2-7,9-10,19H,8H2,1H3. The molecule has 0 saturated carbocycles. The predicted octanol–water partition coefficient (Wildman–Crippen LogP) is 3.64. The molecule has 4 heteroatoms. The van der Waals surface area contributed by atoms with Gasteiger partial charge < -0.3 is 10.0 Å². The van der Waals surface area contributed by atoms with Gasteiger partial charge in [-0.05, 0) is 43.2 Å². The molecule has 0 saturated heterocycles. The molecular formula is C16H14ClNO2. The van der Waals surface area contributed by atoms with Crippen LogP contribution in [0, 0.1) is 0 Å². The number of rotatable bonds is 1. The molecule has 0 aromatic heterocycles. The van der Waals surface area contributed by atoms with Crippen LogP contribution in [-0.4, -0.2) is 17.1 Å². The van der Waals surface area contributed by atoms with E-state index in [2.05, 4.69) is 0 Å². The number of phenols is 1. The summed E-state index contributed by atoms with van der Waals surface area (Å²) in [5.74, 6) is -0.265. The zero-order chi connectivity index (χ0) is 14.3. The Labute approximate surface area is 122 Å². The van der Waals surface area contributed by atoms with Crippen molar-refractivity contribution in [3.05, 3.63) is 58.6 Å². The highest BCUT2D eigenvalue weighted by atomic mass is 35.5. The Hall–Kier alpha value is -2.00. The molecule has 102 valence electrons. The summed E-state index contributed by atoms with van der Waals surface area (Å²) in [5, 5.41) is 10.3. The minimum Gasteiger partial charge on any atom is -0.507 e. The normalized spacial score (nSPS) is 17.1. The van der Waals surface area contributed by atoms with Crippen LogP contribution in [0.25, 0.3) is 0 Å². The number of fused-ring (bicyclic) bond motifs is 1. The van der Waals surface area contributed by atoms with E-state index in [1.54, 1.807) is 11.0 Å². The van der Waals surface area contributed by atoms with Crippen LogP contribution < -0.4 is 4.90 Å². The van der Waals surface area contributed by atoms with Gasteiger partial charge in [-0.15, -0.1) is 0 Å². The molecule has 0 spiro atoms. The molecule has 1 aliphatic rings. The average molecular weight is 288 g/mol. The van der Waals surface area contributed by atoms with Crippen LogP contribution in [0.4, 0.5) is 5.69 Å². The number of hydrogen-bond donors (Lipinski definition) is 1. The molecular weight excluding hydrogens is 274 g/mol. The van der Waals surface area contributed by atoms with Crippen LogP contribution in [0.5, 0.6) is 5.75 Å². The molecule has 1 unspecified atom stereocenters. The first-order chi connectivity index (χ1) is 9.58. The zero-order valence-corrected chi connectivity index (χ0v) is 11.8. The lowest BCUT2D eigenvalue weighted by Gasteiger charge is -2.23. The molecule has 1 amide bonds. The number of carbonyl (C=O) groups is 1. The van der Waals surface area contributed by atoms with Crippen LogP contribution in [-0.2, 0) is 6.42 Å². The van der Waals surface area contributed by atoms with E-state index < -0.39 is 0 Å². The Morgan fingerprint density at radius 2 is 2.05 bits per heavy atom. The van der Waals surface area contributed by atoms with Gasteiger partial charge in [-0.3, -0.25) is 4.79 Å². The second-order valence-electron chi connectivity index (χ2n) is 5.02. The first kappa shape index (κ1) is 13.0. The first-order valence-corrected chi connectivity index (χ1v) is 6.85. The summed E-state index contributed by atoms with van der Waals surface area (Å²) in [6, 6.07) is 12.4. The summed E-state index contributed by atoms with van der Waals surface area (Å²) in [5.41, 5.74) is 2.29. The molecule has 2 aromatic carbocycles. The fourth-order valence-electron chi connectivity index (χ4n) is 2.68. The summed E-state index contributed by atoms with van der Waals surface area (Å²) in [4.78, 5) is 14.4. The van der Waals surface area contributed by atoms with Crippen molar-refractivity contribution in [1.82, 2.24) is 0 Å². The van der Waals surface area contributed by atoms with E-state index in [-0.39, 0.29) is 23.3 Å². The third-order valence-electron chi connectivity index (χ3n) is 3.62. The highest BCUT2D eigenvalue weighted by Gasteiger charge is 2.32. The van der Waals surface area contributed by atoms with Crippen molar-refractivity contribution in [1.29, 1.82) is 0 Å². The number of amides is 1. The Morgan fingerprint density at radius 3 is 2.85 bits per heavy atom. The number of phenolic OH excluding ortho intramolecular Hbond substituents is 1. The van der Waals surface area contributed by atoms with E-state index in [0.29, 0.717) is 5.02 Å². The molecule has 2 aromatic rings. The van der Waals surface area contributed by atoms with Gasteiger partial charge in [-0.2, -0.15) is 0 Å². The van der Waals surface area contributed by atoms with E-state index in [4.69, 9.17) is 11.6 Å². The maximum atomic E-state index is 12.7. The van der Waals surface area contributed by atoms with E-state index in [1.807, 2.05) is 31.2 Å². The number of nitrogens with zero attached hydrogens (tertiary/aromatic N) is 1. The van der Waals surface area contributed by atoms with Crippen molar-refractivity contribution < 1.29 is 9.90 Å². The number of benzene rings is 2. The number of para-hydroxylation sites is 1. The van der Waals surface area contributed by atoms with Gasteiger partial charge in [0.15, 0.2) is 0 Å². The molecule has 0 bridgehead atoms. The number of carbonyl (C=O) groups excluding carboxylic acids is 1. The Balaban J connectivity index is 2.05.